The van der Waals surface area contributed by atoms with E-state index in [1.807, 2.05) is 0 Å². The van der Waals surface area contributed by atoms with Crippen molar-refractivity contribution in [3.63, 3.8) is 0 Å². The number of methoxy groups -OCH3 is 1. The molecule has 1 aliphatic carbocycles. The van der Waals surface area contributed by atoms with Gasteiger partial charge in [0.05, 0.1) is 12.7 Å². The van der Waals surface area contributed by atoms with E-state index in [1.54, 1.807) is 7.11 Å². The Bertz CT molecular complexity index is 156. The molecule has 0 aromatic carbocycles. The Balaban J connectivity index is 2.38. The minimum atomic E-state index is -0.112. The number of aliphatic hydroxyl groups excluding tert-OH is 1. The van der Waals surface area contributed by atoms with Gasteiger partial charge in [0.2, 0.25) is 0 Å². The van der Waals surface area contributed by atoms with Crippen molar-refractivity contribution in [1.29, 1.82) is 0 Å². The van der Waals surface area contributed by atoms with Crippen LogP contribution in [-0.2, 0) is 4.74 Å². The Kier molecular flexibility index (Phi) is 6.22. The zero-order chi connectivity index (χ0) is 11.1. The van der Waals surface area contributed by atoms with Crippen molar-refractivity contribution < 1.29 is 9.84 Å². The maximum absolute atomic E-state index is 9.88. The fourth-order valence-electron chi connectivity index (χ4n) is 2.36. The SMILES string of the molecule is CCCCN(CCOC)C1CCCC1O. The molecule has 1 N–H and O–H groups in total. The van der Waals surface area contributed by atoms with Gasteiger partial charge in [-0.15, -0.1) is 0 Å². The molecule has 0 amide bonds. The van der Waals surface area contributed by atoms with Crippen LogP contribution in [0.1, 0.15) is 39.0 Å². The molecule has 3 heteroatoms. The van der Waals surface area contributed by atoms with Gasteiger partial charge in [0, 0.05) is 19.7 Å². The third-order valence-corrected chi connectivity index (χ3v) is 3.29. The Hall–Kier alpha value is -0.120. The van der Waals surface area contributed by atoms with E-state index >= 15 is 0 Å². The van der Waals surface area contributed by atoms with Crippen LogP contribution >= 0.6 is 0 Å². The molecule has 0 aromatic rings. The predicted octanol–water partition coefficient (Wildman–Crippen LogP) is 1.65. The van der Waals surface area contributed by atoms with Crippen molar-refractivity contribution in [2.24, 2.45) is 0 Å². The Labute approximate surface area is 93.4 Å². The number of rotatable bonds is 7. The lowest BCUT2D eigenvalue weighted by molar-refractivity contribution is 0.0512. The van der Waals surface area contributed by atoms with Crippen LogP contribution in [-0.4, -0.2) is 49.0 Å². The average molecular weight is 215 g/mol. The fourth-order valence-corrected chi connectivity index (χ4v) is 2.36. The molecule has 0 bridgehead atoms. The van der Waals surface area contributed by atoms with E-state index < -0.39 is 0 Å². The van der Waals surface area contributed by atoms with Gasteiger partial charge in [-0.25, -0.2) is 0 Å². The first-order valence-corrected chi connectivity index (χ1v) is 6.20. The molecule has 0 aromatic heterocycles. The lowest BCUT2D eigenvalue weighted by atomic mass is 10.1. The van der Waals surface area contributed by atoms with Crippen LogP contribution in [0, 0.1) is 0 Å². The molecule has 15 heavy (non-hydrogen) atoms. The smallest absolute Gasteiger partial charge is 0.0695 e. The fraction of sp³-hybridized carbons (Fsp3) is 1.00. The van der Waals surface area contributed by atoms with Crippen LogP contribution in [0.3, 0.4) is 0 Å². The highest BCUT2D eigenvalue weighted by atomic mass is 16.5. The van der Waals surface area contributed by atoms with Gasteiger partial charge in [-0.05, 0) is 32.2 Å². The van der Waals surface area contributed by atoms with E-state index in [9.17, 15) is 5.11 Å². The molecular weight excluding hydrogens is 190 g/mol. The zero-order valence-corrected chi connectivity index (χ0v) is 10.1. The van der Waals surface area contributed by atoms with E-state index in [0.29, 0.717) is 6.04 Å². The standard InChI is InChI=1S/C12H25NO2/c1-3-4-8-13(9-10-15-2)11-6-5-7-12(11)14/h11-12,14H,3-10H2,1-2H3. The molecule has 0 aliphatic heterocycles. The van der Waals surface area contributed by atoms with Gasteiger partial charge in [0.1, 0.15) is 0 Å². The highest BCUT2D eigenvalue weighted by molar-refractivity contribution is 4.85. The quantitative estimate of drug-likeness (QED) is 0.701. The van der Waals surface area contributed by atoms with Gasteiger partial charge < -0.3 is 9.84 Å². The van der Waals surface area contributed by atoms with Gasteiger partial charge in [-0.3, -0.25) is 4.90 Å². The van der Waals surface area contributed by atoms with Crippen molar-refractivity contribution in [3.8, 4) is 0 Å². The second-order valence-electron chi connectivity index (χ2n) is 4.45. The highest BCUT2D eigenvalue weighted by Crippen LogP contribution is 2.24. The van der Waals surface area contributed by atoms with E-state index in [2.05, 4.69) is 11.8 Å². The van der Waals surface area contributed by atoms with Crippen LogP contribution in [0.2, 0.25) is 0 Å². The summed E-state index contributed by atoms with van der Waals surface area (Å²) in [5.41, 5.74) is 0. The number of aliphatic hydroxyl groups is 1. The molecule has 0 spiro atoms. The van der Waals surface area contributed by atoms with Crippen LogP contribution < -0.4 is 0 Å². The average Bonchev–Trinajstić information content (AvgIpc) is 2.65. The molecule has 2 atom stereocenters. The van der Waals surface area contributed by atoms with Crippen molar-refractivity contribution >= 4 is 0 Å². The van der Waals surface area contributed by atoms with Crippen molar-refractivity contribution in [1.82, 2.24) is 4.90 Å². The summed E-state index contributed by atoms with van der Waals surface area (Å²) in [6.45, 7) is 5.03. The summed E-state index contributed by atoms with van der Waals surface area (Å²) in [5.74, 6) is 0. The highest BCUT2D eigenvalue weighted by Gasteiger charge is 2.29. The van der Waals surface area contributed by atoms with Crippen molar-refractivity contribution in [2.45, 2.75) is 51.2 Å². The largest absolute Gasteiger partial charge is 0.391 e. The van der Waals surface area contributed by atoms with E-state index in [4.69, 9.17) is 4.74 Å². The summed E-state index contributed by atoms with van der Waals surface area (Å²) in [4.78, 5) is 2.41. The molecule has 1 fully saturated rings. The van der Waals surface area contributed by atoms with Crippen LogP contribution in [0.4, 0.5) is 0 Å². The first-order valence-electron chi connectivity index (χ1n) is 6.20. The monoisotopic (exact) mass is 215 g/mol. The van der Waals surface area contributed by atoms with Gasteiger partial charge in [-0.2, -0.15) is 0 Å². The normalized spacial score (nSPS) is 26.4. The summed E-state index contributed by atoms with van der Waals surface area (Å²) in [6, 6.07) is 0.381. The summed E-state index contributed by atoms with van der Waals surface area (Å²) >= 11 is 0. The number of hydrogen-bond acceptors (Lipinski definition) is 3. The maximum Gasteiger partial charge on any atom is 0.0695 e. The van der Waals surface area contributed by atoms with Gasteiger partial charge in [0.15, 0.2) is 0 Å². The van der Waals surface area contributed by atoms with Crippen molar-refractivity contribution in [3.05, 3.63) is 0 Å². The Morgan fingerprint density at radius 3 is 2.67 bits per heavy atom. The first-order chi connectivity index (χ1) is 7.29. The molecule has 0 saturated heterocycles. The summed E-state index contributed by atoms with van der Waals surface area (Å²) < 4.78 is 5.12. The Morgan fingerprint density at radius 2 is 2.13 bits per heavy atom. The van der Waals surface area contributed by atoms with Gasteiger partial charge in [-0.1, -0.05) is 13.3 Å². The second kappa shape index (κ2) is 7.20. The molecule has 1 rings (SSSR count). The van der Waals surface area contributed by atoms with Gasteiger partial charge in [0.25, 0.3) is 0 Å². The molecule has 1 saturated carbocycles. The molecule has 3 nitrogen and oxygen atoms in total. The van der Waals surface area contributed by atoms with Gasteiger partial charge >= 0.3 is 0 Å². The lowest BCUT2D eigenvalue weighted by Gasteiger charge is -2.30. The van der Waals surface area contributed by atoms with Crippen LogP contribution in [0.5, 0.6) is 0 Å². The predicted molar refractivity (Wildman–Crippen MR) is 62.0 cm³/mol. The minimum absolute atomic E-state index is 0.112. The molecule has 90 valence electrons. The van der Waals surface area contributed by atoms with Crippen molar-refractivity contribution in [2.75, 3.05) is 26.8 Å². The summed E-state index contributed by atoms with van der Waals surface area (Å²) in [7, 11) is 1.74. The minimum Gasteiger partial charge on any atom is -0.391 e. The third kappa shape index (κ3) is 4.09. The molecule has 1 aliphatic rings. The molecule has 2 unspecified atom stereocenters. The zero-order valence-electron chi connectivity index (χ0n) is 10.1. The molecule has 0 heterocycles. The number of unbranched alkanes of at least 4 members (excludes halogenated alkanes) is 1. The van der Waals surface area contributed by atoms with Crippen LogP contribution in [0.15, 0.2) is 0 Å². The second-order valence-corrected chi connectivity index (χ2v) is 4.45. The molecular formula is C12H25NO2. The van der Waals surface area contributed by atoms with E-state index in [-0.39, 0.29) is 6.10 Å². The van der Waals surface area contributed by atoms with E-state index in [0.717, 1.165) is 32.5 Å². The lowest BCUT2D eigenvalue weighted by Crippen LogP contribution is -2.42. The third-order valence-electron chi connectivity index (χ3n) is 3.29. The van der Waals surface area contributed by atoms with E-state index in [1.165, 1.54) is 19.3 Å². The molecule has 0 radical (unpaired) electrons. The topological polar surface area (TPSA) is 32.7 Å². The number of hydrogen-bond donors (Lipinski definition) is 1. The summed E-state index contributed by atoms with van der Waals surface area (Å²) in [6.07, 6.45) is 5.61. The first kappa shape index (κ1) is 12.9. The number of ether oxygens (including phenoxy) is 1. The number of nitrogens with zero attached hydrogens (tertiary/aromatic N) is 1. The van der Waals surface area contributed by atoms with Crippen LogP contribution in [0.25, 0.3) is 0 Å². The maximum atomic E-state index is 9.88. The Morgan fingerprint density at radius 1 is 1.33 bits per heavy atom. The summed E-state index contributed by atoms with van der Waals surface area (Å²) in [5, 5.41) is 9.88.